The third-order valence-electron chi connectivity index (χ3n) is 3.43. The lowest BCUT2D eigenvalue weighted by Gasteiger charge is -2.31. The molecule has 17 heavy (non-hydrogen) atoms. The van der Waals surface area contributed by atoms with Crippen LogP contribution in [0.1, 0.15) is 39.5 Å². The lowest BCUT2D eigenvalue weighted by Crippen LogP contribution is -2.53. The van der Waals surface area contributed by atoms with Crippen LogP contribution in [-0.2, 0) is 9.53 Å². The van der Waals surface area contributed by atoms with Crippen molar-refractivity contribution < 1.29 is 9.53 Å². The third kappa shape index (κ3) is 5.70. The van der Waals surface area contributed by atoms with Gasteiger partial charge in [-0.05, 0) is 31.6 Å². The number of nitrogens with two attached hydrogens (primary N) is 1. The van der Waals surface area contributed by atoms with Crippen LogP contribution >= 0.6 is 12.4 Å². The van der Waals surface area contributed by atoms with Gasteiger partial charge in [0.25, 0.3) is 0 Å². The first-order chi connectivity index (χ1) is 7.65. The van der Waals surface area contributed by atoms with Crippen molar-refractivity contribution >= 4 is 18.3 Å². The van der Waals surface area contributed by atoms with Gasteiger partial charge in [0.1, 0.15) is 6.61 Å². The Labute approximate surface area is 110 Å². The summed E-state index contributed by atoms with van der Waals surface area (Å²) in [4.78, 5) is 11.6. The monoisotopic (exact) mass is 264 g/mol. The molecule has 0 radical (unpaired) electrons. The zero-order valence-electron chi connectivity index (χ0n) is 10.8. The van der Waals surface area contributed by atoms with Gasteiger partial charge in [-0.15, -0.1) is 12.4 Å². The van der Waals surface area contributed by atoms with E-state index in [4.69, 9.17) is 10.5 Å². The van der Waals surface area contributed by atoms with E-state index < -0.39 is 0 Å². The van der Waals surface area contributed by atoms with E-state index in [2.05, 4.69) is 5.32 Å². The number of rotatable bonds is 8. The lowest BCUT2D eigenvalue weighted by atomic mass is 9.93. The van der Waals surface area contributed by atoms with Crippen LogP contribution in [0.25, 0.3) is 0 Å². The highest BCUT2D eigenvalue weighted by Crippen LogP contribution is 2.28. The van der Waals surface area contributed by atoms with Crippen LogP contribution in [0.2, 0.25) is 0 Å². The predicted molar refractivity (Wildman–Crippen MR) is 71.3 cm³/mol. The van der Waals surface area contributed by atoms with Crippen molar-refractivity contribution in [3.05, 3.63) is 0 Å². The maximum atomic E-state index is 11.6. The summed E-state index contributed by atoms with van der Waals surface area (Å²) < 4.78 is 5.35. The Kier molecular flexibility index (Phi) is 7.75. The number of hydrogen-bond donors (Lipinski definition) is 2. The second-order valence-corrected chi connectivity index (χ2v) is 4.70. The minimum Gasteiger partial charge on any atom is -0.371 e. The molecule has 0 aromatic rings. The fourth-order valence-corrected chi connectivity index (χ4v) is 1.70. The zero-order valence-corrected chi connectivity index (χ0v) is 11.6. The second kappa shape index (κ2) is 7.90. The highest BCUT2D eigenvalue weighted by Gasteiger charge is 2.26. The third-order valence-corrected chi connectivity index (χ3v) is 3.43. The molecule has 0 saturated heterocycles. The molecule has 0 spiro atoms. The van der Waals surface area contributed by atoms with Crippen LogP contribution in [0, 0.1) is 5.92 Å². The Morgan fingerprint density at radius 2 is 2.00 bits per heavy atom. The normalized spacial score (nSPS) is 15.2. The molecular formula is C12H25ClN2O2. The van der Waals surface area contributed by atoms with Crippen LogP contribution in [0.3, 0.4) is 0 Å². The van der Waals surface area contributed by atoms with Crippen LogP contribution in [0.5, 0.6) is 0 Å². The number of ether oxygens (including phenoxy) is 1. The number of amides is 1. The van der Waals surface area contributed by atoms with Gasteiger partial charge in [0.15, 0.2) is 0 Å². The molecule has 1 saturated carbocycles. The molecule has 3 N–H and O–H groups in total. The summed E-state index contributed by atoms with van der Waals surface area (Å²) >= 11 is 0. The Morgan fingerprint density at radius 3 is 2.41 bits per heavy atom. The van der Waals surface area contributed by atoms with E-state index in [0.29, 0.717) is 12.5 Å². The molecule has 0 heterocycles. The zero-order chi connectivity index (χ0) is 12.0. The fourth-order valence-electron chi connectivity index (χ4n) is 1.70. The van der Waals surface area contributed by atoms with Crippen molar-refractivity contribution in [2.75, 3.05) is 19.8 Å². The molecular weight excluding hydrogens is 240 g/mol. The van der Waals surface area contributed by atoms with Gasteiger partial charge in [0.05, 0.1) is 12.1 Å². The summed E-state index contributed by atoms with van der Waals surface area (Å²) in [5.74, 6) is 0.652. The second-order valence-electron chi connectivity index (χ2n) is 4.70. The Morgan fingerprint density at radius 1 is 1.41 bits per heavy atom. The summed E-state index contributed by atoms with van der Waals surface area (Å²) in [7, 11) is 0. The lowest BCUT2D eigenvalue weighted by molar-refractivity contribution is -0.127. The molecule has 0 aromatic heterocycles. The van der Waals surface area contributed by atoms with Crippen molar-refractivity contribution in [2.45, 2.75) is 45.1 Å². The van der Waals surface area contributed by atoms with Crippen molar-refractivity contribution in [2.24, 2.45) is 11.7 Å². The van der Waals surface area contributed by atoms with Gasteiger partial charge in [0.2, 0.25) is 5.91 Å². The molecule has 1 rings (SSSR count). The molecule has 1 aliphatic rings. The summed E-state index contributed by atoms with van der Waals surface area (Å²) in [6.07, 6.45) is 4.21. The topological polar surface area (TPSA) is 64.3 Å². The van der Waals surface area contributed by atoms with Gasteiger partial charge in [-0.2, -0.15) is 0 Å². The molecule has 1 aliphatic carbocycles. The minimum absolute atomic E-state index is 0. The van der Waals surface area contributed by atoms with Gasteiger partial charge in [0, 0.05) is 6.54 Å². The van der Waals surface area contributed by atoms with Gasteiger partial charge >= 0.3 is 0 Å². The van der Waals surface area contributed by atoms with Crippen LogP contribution in [-0.4, -0.2) is 31.2 Å². The highest BCUT2D eigenvalue weighted by atomic mass is 35.5. The van der Waals surface area contributed by atoms with Gasteiger partial charge in [-0.25, -0.2) is 0 Å². The Hall–Kier alpha value is -0.320. The van der Waals surface area contributed by atoms with Gasteiger partial charge in [-0.3, -0.25) is 4.79 Å². The Bertz CT molecular complexity index is 220. The molecule has 0 atom stereocenters. The molecule has 1 fully saturated rings. The van der Waals surface area contributed by atoms with E-state index in [0.717, 1.165) is 19.4 Å². The summed E-state index contributed by atoms with van der Waals surface area (Å²) in [6, 6.07) is 0. The Balaban J connectivity index is 0.00000256. The predicted octanol–water partition coefficient (Wildman–Crippen LogP) is 1.47. The number of hydrogen-bond acceptors (Lipinski definition) is 3. The maximum absolute atomic E-state index is 11.6. The number of nitrogens with one attached hydrogen (secondary N) is 1. The highest BCUT2D eigenvalue weighted by molar-refractivity contribution is 5.85. The van der Waals surface area contributed by atoms with E-state index in [9.17, 15) is 4.79 Å². The summed E-state index contributed by atoms with van der Waals surface area (Å²) in [5, 5.41) is 2.98. The van der Waals surface area contributed by atoms with Crippen molar-refractivity contribution in [3.63, 3.8) is 0 Å². The van der Waals surface area contributed by atoms with Crippen molar-refractivity contribution in [3.8, 4) is 0 Å². The average molecular weight is 265 g/mol. The largest absolute Gasteiger partial charge is 0.371 e. The number of carbonyl (C=O) groups is 1. The SMILES string of the molecule is CCC(CC)(CN)NC(=O)COCC1CC1.Cl. The quantitative estimate of drug-likeness (QED) is 0.698. The molecule has 1 amide bonds. The van der Waals surface area contributed by atoms with Gasteiger partial charge in [-0.1, -0.05) is 13.8 Å². The molecule has 0 aliphatic heterocycles. The minimum atomic E-state index is -0.250. The van der Waals surface area contributed by atoms with Crippen molar-refractivity contribution in [1.29, 1.82) is 0 Å². The van der Waals surface area contributed by atoms with Gasteiger partial charge < -0.3 is 15.8 Å². The first-order valence-electron chi connectivity index (χ1n) is 6.24. The summed E-state index contributed by atoms with van der Waals surface area (Å²) in [5.41, 5.74) is 5.46. The molecule has 4 nitrogen and oxygen atoms in total. The molecule has 5 heteroatoms. The first-order valence-corrected chi connectivity index (χ1v) is 6.24. The number of carbonyl (C=O) groups excluding carboxylic acids is 1. The van der Waals surface area contributed by atoms with Crippen molar-refractivity contribution in [1.82, 2.24) is 5.32 Å². The molecule has 0 aromatic carbocycles. The van der Waals surface area contributed by atoms with Crippen LogP contribution in [0.15, 0.2) is 0 Å². The number of halogens is 1. The molecule has 0 unspecified atom stereocenters. The van der Waals surface area contributed by atoms with E-state index in [-0.39, 0.29) is 30.5 Å². The average Bonchev–Trinajstić information content (AvgIpc) is 3.10. The fraction of sp³-hybridized carbons (Fsp3) is 0.917. The molecule has 102 valence electrons. The smallest absolute Gasteiger partial charge is 0.246 e. The van der Waals surface area contributed by atoms with E-state index in [1.807, 2.05) is 13.8 Å². The standard InChI is InChI=1S/C12H24N2O2.ClH/c1-3-12(4-2,9-13)14-11(15)8-16-7-10-5-6-10;/h10H,3-9,13H2,1-2H3,(H,14,15);1H. The van der Waals surface area contributed by atoms with Crippen LogP contribution < -0.4 is 11.1 Å². The maximum Gasteiger partial charge on any atom is 0.246 e. The van der Waals surface area contributed by atoms with E-state index >= 15 is 0 Å². The first kappa shape index (κ1) is 16.7. The van der Waals surface area contributed by atoms with E-state index in [1.165, 1.54) is 12.8 Å². The molecule has 0 bridgehead atoms. The summed E-state index contributed by atoms with van der Waals surface area (Å²) in [6.45, 7) is 5.46. The van der Waals surface area contributed by atoms with Crippen LogP contribution in [0.4, 0.5) is 0 Å². The van der Waals surface area contributed by atoms with E-state index in [1.54, 1.807) is 0 Å².